The molecule has 0 radical (unpaired) electrons. The number of carbonyl (C=O) groups excluding carboxylic acids is 1. The van der Waals surface area contributed by atoms with Crippen molar-refractivity contribution in [2.75, 3.05) is 5.32 Å². The molecular weight excluding hydrogens is 381 g/mol. The van der Waals surface area contributed by atoms with Crippen LogP contribution >= 0.6 is 39.1 Å². The number of halogens is 3. The number of anilines is 1. The van der Waals surface area contributed by atoms with Crippen molar-refractivity contribution in [3.05, 3.63) is 62.0 Å². The van der Waals surface area contributed by atoms with Crippen molar-refractivity contribution in [2.24, 2.45) is 0 Å². The molecule has 0 bridgehead atoms. The molecule has 2 aromatic rings. The van der Waals surface area contributed by atoms with Crippen LogP contribution in [0.15, 0.2) is 40.9 Å². The normalized spacial score (nSPS) is 10.2. The fourth-order valence-corrected chi connectivity index (χ4v) is 2.70. The second-order valence-corrected chi connectivity index (χ2v) is 5.72. The van der Waals surface area contributed by atoms with Crippen LogP contribution in [0.5, 0.6) is 0 Å². The predicted molar refractivity (Wildman–Crippen MR) is 85.5 cm³/mol. The van der Waals surface area contributed by atoms with Gasteiger partial charge >= 0.3 is 5.97 Å². The van der Waals surface area contributed by atoms with E-state index in [2.05, 4.69) is 21.2 Å². The number of hydrogen-bond donors (Lipinski definition) is 2. The highest BCUT2D eigenvalue weighted by Crippen LogP contribution is 2.28. The number of carboxylic acids is 1. The van der Waals surface area contributed by atoms with E-state index in [9.17, 15) is 9.59 Å². The molecule has 2 aromatic carbocycles. The lowest BCUT2D eigenvalue weighted by Gasteiger charge is -2.10. The minimum Gasteiger partial charge on any atom is -0.478 e. The Kier molecular flexibility index (Phi) is 4.88. The van der Waals surface area contributed by atoms with Gasteiger partial charge in [0.2, 0.25) is 0 Å². The van der Waals surface area contributed by atoms with Crippen molar-refractivity contribution >= 4 is 56.7 Å². The molecule has 4 nitrogen and oxygen atoms in total. The molecule has 0 aliphatic carbocycles. The maximum absolute atomic E-state index is 12.2. The summed E-state index contributed by atoms with van der Waals surface area (Å²) in [4.78, 5) is 23.1. The minimum atomic E-state index is -1.05. The van der Waals surface area contributed by atoms with Crippen LogP contribution in [0.2, 0.25) is 10.0 Å². The zero-order valence-corrected chi connectivity index (χ0v) is 13.5. The molecule has 1 amide bonds. The molecule has 7 heteroatoms. The van der Waals surface area contributed by atoms with Crippen LogP contribution in [0.3, 0.4) is 0 Å². The fraction of sp³-hybridized carbons (Fsp3) is 0. The Balaban J connectivity index is 2.30. The Morgan fingerprint density at radius 2 is 1.71 bits per heavy atom. The van der Waals surface area contributed by atoms with Gasteiger partial charge in [-0.3, -0.25) is 4.79 Å². The van der Waals surface area contributed by atoms with Gasteiger partial charge in [0, 0.05) is 4.47 Å². The van der Waals surface area contributed by atoms with Crippen LogP contribution < -0.4 is 5.32 Å². The number of rotatable bonds is 3. The molecule has 0 saturated heterocycles. The molecule has 0 aliphatic rings. The highest BCUT2D eigenvalue weighted by atomic mass is 79.9. The first-order valence-electron chi connectivity index (χ1n) is 5.68. The van der Waals surface area contributed by atoms with E-state index >= 15 is 0 Å². The van der Waals surface area contributed by atoms with Gasteiger partial charge in [0.15, 0.2) is 0 Å². The third-order valence-electron chi connectivity index (χ3n) is 2.65. The Labute approximate surface area is 138 Å². The molecule has 0 heterocycles. The van der Waals surface area contributed by atoms with Crippen molar-refractivity contribution in [1.82, 2.24) is 0 Å². The Hall–Kier alpha value is -1.56. The summed E-state index contributed by atoms with van der Waals surface area (Å²) >= 11 is 15.1. The quantitative estimate of drug-likeness (QED) is 0.800. The minimum absolute atomic E-state index is 0.107. The van der Waals surface area contributed by atoms with Gasteiger partial charge in [-0.25, -0.2) is 4.79 Å². The molecule has 0 fully saturated rings. The first-order chi connectivity index (χ1) is 9.90. The maximum atomic E-state index is 12.2. The summed E-state index contributed by atoms with van der Waals surface area (Å²) in [5, 5.41) is 12.0. The number of aromatic carboxylic acids is 1. The van der Waals surface area contributed by atoms with Gasteiger partial charge in [-0.05, 0) is 46.3 Å². The topological polar surface area (TPSA) is 66.4 Å². The molecule has 0 atom stereocenters. The van der Waals surface area contributed by atoms with E-state index in [1.807, 2.05) is 0 Å². The first-order valence-corrected chi connectivity index (χ1v) is 7.23. The lowest BCUT2D eigenvalue weighted by Crippen LogP contribution is -2.13. The molecule has 0 aromatic heterocycles. The van der Waals surface area contributed by atoms with E-state index < -0.39 is 11.9 Å². The van der Waals surface area contributed by atoms with E-state index in [4.69, 9.17) is 28.3 Å². The van der Waals surface area contributed by atoms with Crippen molar-refractivity contribution in [1.29, 1.82) is 0 Å². The van der Waals surface area contributed by atoms with E-state index in [0.29, 0.717) is 10.2 Å². The lowest BCUT2D eigenvalue weighted by atomic mass is 10.2. The number of carboxylic acid groups (broad SMARTS) is 1. The average molecular weight is 389 g/mol. The number of benzene rings is 2. The van der Waals surface area contributed by atoms with Gasteiger partial charge in [0.25, 0.3) is 5.91 Å². The maximum Gasteiger partial charge on any atom is 0.335 e. The highest BCUT2D eigenvalue weighted by Gasteiger charge is 2.16. The second kappa shape index (κ2) is 6.47. The summed E-state index contributed by atoms with van der Waals surface area (Å²) in [5.74, 6) is -1.53. The molecule has 2 N–H and O–H groups in total. The van der Waals surface area contributed by atoms with Gasteiger partial charge in [-0.15, -0.1) is 0 Å². The van der Waals surface area contributed by atoms with E-state index in [-0.39, 0.29) is 21.2 Å². The van der Waals surface area contributed by atoms with Gasteiger partial charge in [-0.1, -0.05) is 29.3 Å². The smallest absolute Gasteiger partial charge is 0.335 e. The summed E-state index contributed by atoms with van der Waals surface area (Å²) in [7, 11) is 0. The van der Waals surface area contributed by atoms with Crippen LogP contribution in [0, 0.1) is 0 Å². The zero-order chi connectivity index (χ0) is 15.6. The van der Waals surface area contributed by atoms with Gasteiger partial charge in [-0.2, -0.15) is 0 Å². The summed E-state index contributed by atoms with van der Waals surface area (Å²) in [5.41, 5.74) is 0.687. The molecule has 108 valence electrons. The summed E-state index contributed by atoms with van der Waals surface area (Å²) in [6, 6.07) is 9.02. The largest absolute Gasteiger partial charge is 0.478 e. The first kappa shape index (κ1) is 15.8. The summed E-state index contributed by atoms with van der Waals surface area (Å²) in [6.07, 6.45) is 0. The molecule has 0 spiro atoms. The van der Waals surface area contributed by atoms with Crippen molar-refractivity contribution < 1.29 is 14.7 Å². The number of amides is 1. The molecular formula is C14H8BrCl2NO3. The van der Waals surface area contributed by atoms with E-state index in [1.54, 1.807) is 18.2 Å². The molecule has 2 rings (SSSR count). The number of carbonyl (C=O) groups is 2. The highest BCUT2D eigenvalue weighted by molar-refractivity contribution is 9.10. The van der Waals surface area contributed by atoms with Crippen LogP contribution in [-0.2, 0) is 0 Å². The van der Waals surface area contributed by atoms with Crippen molar-refractivity contribution in [3.63, 3.8) is 0 Å². The summed E-state index contributed by atoms with van der Waals surface area (Å²) < 4.78 is 0.443. The predicted octanol–water partition coefficient (Wildman–Crippen LogP) is 4.71. The molecule has 21 heavy (non-hydrogen) atoms. The Bertz CT molecular complexity index is 714. The van der Waals surface area contributed by atoms with Crippen LogP contribution in [0.4, 0.5) is 5.69 Å². The molecule has 0 aliphatic heterocycles. The van der Waals surface area contributed by atoms with Crippen LogP contribution in [0.1, 0.15) is 20.7 Å². The van der Waals surface area contributed by atoms with Gasteiger partial charge in [0.1, 0.15) is 0 Å². The zero-order valence-electron chi connectivity index (χ0n) is 10.4. The third kappa shape index (κ3) is 3.56. The lowest BCUT2D eigenvalue weighted by molar-refractivity contribution is 0.0696. The Morgan fingerprint density at radius 1 is 1.10 bits per heavy atom. The van der Waals surface area contributed by atoms with Crippen LogP contribution in [0.25, 0.3) is 0 Å². The SMILES string of the molecule is O=C(O)c1ccc(NC(=O)c2c(Cl)cccc2Cl)c(Br)c1. The number of nitrogens with one attached hydrogen (secondary N) is 1. The molecule has 0 saturated carbocycles. The monoisotopic (exact) mass is 387 g/mol. The van der Waals surface area contributed by atoms with E-state index in [1.165, 1.54) is 18.2 Å². The van der Waals surface area contributed by atoms with Gasteiger partial charge in [0.05, 0.1) is 26.9 Å². The Morgan fingerprint density at radius 3 is 2.24 bits per heavy atom. The van der Waals surface area contributed by atoms with Gasteiger partial charge < -0.3 is 10.4 Å². The summed E-state index contributed by atoms with van der Waals surface area (Å²) in [6.45, 7) is 0. The second-order valence-electron chi connectivity index (χ2n) is 4.05. The van der Waals surface area contributed by atoms with E-state index in [0.717, 1.165) is 0 Å². The molecule has 0 unspecified atom stereocenters. The average Bonchev–Trinajstić information content (AvgIpc) is 2.40. The van der Waals surface area contributed by atoms with Crippen molar-refractivity contribution in [3.8, 4) is 0 Å². The third-order valence-corrected chi connectivity index (χ3v) is 3.94. The standard InChI is InChI=1S/C14H8BrCl2NO3/c15-8-6-7(14(20)21)4-5-11(8)18-13(19)12-9(16)2-1-3-10(12)17/h1-6H,(H,18,19)(H,20,21). The fourth-order valence-electron chi connectivity index (χ4n) is 1.65. The van der Waals surface area contributed by atoms with Crippen LogP contribution in [-0.4, -0.2) is 17.0 Å². The number of hydrogen-bond acceptors (Lipinski definition) is 2. The van der Waals surface area contributed by atoms with Crippen molar-refractivity contribution in [2.45, 2.75) is 0 Å².